The number of dihydropyridines is 1. The predicted molar refractivity (Wildman–Crippen MR) is 36.9 cm³/mol. The van der Waals surface area contributed by atoms with Crippen LogP contribution in [0.2, 0.25) is 0 Å². The second kappa shape index (κ2) is 2.92. The van der Waals surface area contributed by atoms with Gasteiger partial charge in [-0.3, -0.25) is 9.79 Å². The quantitative estimate of drug-likeness (QED) is 0.421. The Hall–Kier alpha value is -0.700. The standard InChI is InChI=1S/C6H5ClFNO/c7-5(10)4-2-1-3-9-6(4)8/h1-4,6H. The molecule has 0 saturated carbocycles. The Kier molecular flexibility index (Phi) is 2.17. The SMILES string of the molecule is O=C(Cl)C1C=CC=NC1F. The molecule has 0 aliphatic carbocycles. The Balaban J connectivity index is 2.70. The number of carbonyl (C=O) groups excluding carboxylic acids is 1. The highest BCUT2D eigenvalue weighted by atomic mass is 35.5. The minimum absolute atomic E-state index is 0.708. The van der Waals surface area contributed by atoms with Crippen molar-refractivity contribution in [3.63, 3.8) is 0 Å². The predicted octanol–water partition coefficient (Wildman–Crippen LogP) is 1.30. The number of rotatable bonds is 1. The van der Waals surface area contributed by atoms with Gasteiger partial charge < -0.3 is 0 Å². The van der Waals surface area contributed by atoms with Gasteiger partial charge in [0.1, 0.15) is 5.92 Å². The fourth-order valence-corrected chi connectivity index (χ4v) is 0.846. The van der Waals surface area contributed by atoms with E-state index in [4.69, 9.17) is 11.6 Å². The van der Waals surface area contributed by atoms with Gasteiger partial charge in [0.05, 0.1) is 0 Å². The van der Waals surface area contributed by atoms with E-state index in [0.29, 0.717) is 0 Å². The van der Waals surface area contributed by atoms with E-state index in [2.05, 4.69) is 4.99 Å². The van der Waals surface area contributed by atoms with Crippen LogP contribution in [0.3, 0.4) is 0 Å². The molecular weight excluding hydrogens is 157 g/mol. The zero-order valence-corrected chi connectivity index (χ0v) is 5.75. The van der Waals surface area contributed by atoms with Crippen molar-refractivity contribution in [2.75, 3.05) is 0 Å². The molecule has 0 aromatic carbocycles. The van der Waals surface area contributed by atoms with E-state index in [9.17, 15) is 9.18 Å². The van der Waals surface area contributed by atoms with Gasteiger partial charge in [-0.1, -0.05) is 6.08 Å². The number of allylic oxidation sites excluding steroid dienone is 1. The van der Waals surface area contributed by atoms with E-state index in [1.165, 1.54) is 18.4 Å². The average Bonchev–Trinajstić information content (AvgIpc) is 1.88. The van der Waals surface area contributed by atoms with Crippen LogP contribution >= 0.6 is 11.6 Å². The lowest BCUT2D eigenvalue weighted by Crippen LogP contribution is -2.19. The van der Waals surface area contributed by atoms with Crippen molar-refractivity contribution >= 4 is 23.1 Å². The Morgan fingerprint density at radius 2 is 2.40 bits per heavy atom. The van der Waals surface area contributed by atoms with Crippen molar-refractivity contribution in [1.82, 2.24) is 0 Å². The molecule has 1 heterocycles. The first kappa shape index (κ1) is 7.41. The molecule has 4 heteroatoms. The normalized spacial score (nSPS) is 30.6. The highest BCUT2D eigenvalue weighted by Crippen LogP contribution is 2.16. The van der Waals surface area contributed by atoms with Crippen molar-refractivity contribution in [2.24, 2.45) is 10.9 Å². The molecule has 0 fully saturated rings. The summed E-state index contributed by atoms with van der Waals surface area (Å²) in [4.78, 5) is 13.8. The Morgan fingerprint density at radius 3 is 2.80 bits per heavy atom. The number of carbonyl (C=O) groups is 1. The van der Waals surface area contributed by atoms with E-state index in [1.54, 1.807) is 0 Å². The number of hydrogen-bond acceptors (Lipinski definition) is 2. The Morgan fingerprint density at radius 1 is 1.70 bits per heavy atom. The molecule has 0 N–H and O–H groups in total. The van der Waals surface area contributed by atoms with E-state index >= 15 is 0 Å². The lowest BCUT2D eigenvalue weighted by atomic mass is 10.1. The highest BCUT2D eigenvalue weighted by molar-refractivity contribution is 6.64. The van der Waals surface area contributed by atoms with Crippen molar-refractivity contribution in [3.8, 4) is 0 Å². The van der Waals surface area contributed by atoms with Gasteiger partial charge in [-0.05, 0) is 17.7 Å². The minimum atomic E-state index is -1.50. The van der Waals surface area contributed by atoms with E-state index in [0.717, 1.165) is 0 Å². The number of alkyl halides is 1. The van der Waals surface area contributed by atoms with Gasteiger partial charge in [-0.2, -0.15) is 0 Å². The van der Waals surface area contributed by atoms with Gasteiger partial charge in [0, 0.05) is 6.21 Å². The van der Waals surface area contributed by atoms with Crippen molar-refractivity contribution in [3.05, 3.63) is 12.2 Å². The third-order valence-electron chi connectivity index (χ3n) is 1.19. The second-order valence-electron chi connectivity index (χ2n) is 1.89. The van der Waals surface area contributed by atoms with E-state index in [1.807, 2.05) is 0 Å². The fourth-order valence-electron chi connectivity index (χ4n) is 0.669. The van der Waals surface area contributed by atoms with Crippen molar-refractivity contribution in [2.45, 2.75) is 6.30 Å². The molecule has 0 saturated heterocycles. The molecule has 0 radical (unpaired) electrons. The van der Waals surface area contributed by atoms with Gasteiger partial charge in [0.15, 0.2) is 0 Å². The number of hydrogen-bond donors (Lipinski definition) is 0. The largest absolute Gasteiger partial charge is 0.280 e. The first-order chi connectivity index (χ1) is 4.72. The molecule has 2 unspecified atom stereocenters. The lowest BCUT2D eigenvalue weighted by molar-refractivity contribution is -0.115. The van der Waals surface area contributed by atoms with Crippen molar-refractivity contribution < 1.29 is 9.18 Å². The summed E-state index contributed by atoms with van der Waals surface area (Å²) >= 11 is 5.05. The van der Waals surface area contributed by atoms with Crippen LogP contribution in [0.25, 0.3) is 0 Å². The third kappa shape index (κ3) is 1.42. The van der Waals surface area contributed by atoms with Crippen LogP contribution in [0.1, 0.15) is 0 Å². The summed E-state index contributed by atoms with van der Waals surface area (Å²) in [6, 6.07) is 0. The molecule has 0 bridgehead atoms. The maximum absolute atomic E-state index is 12.5. The van der Waals surface area contributed by atoms with Gasteiger partial charge in [-0.25, -0.2) is 4.39 Å². The van der Waals surface area contributed by atoms with Crippen LogP contribution in [0.15, 0.2) is 17.1 Å². The summed E-state index contributed by atoms with van der Waals surface area (Å²) in [5, 5.41) is -0.708. The van der Waals surface area contributed by atoms with Crippen LogP contribution in [-0.2, 0) is 4.79 Å². The summed E-state index contributed by atoms with van der Waals surface area (Å²) in [7, 11) is 0. The number of halogens is 2. The molecule has 1 aliphatic rings. The minimum Gasteiger partial charge on any atom is -0.280 e. The molecule has 0 spiro atoms. The smallest absolute Gasteiger partial charge is 0.233 e. The lowest BCUT2D eigenvalue weighted by Gasteiger charge is -2.10. The molecule has 2 atom stereocenters. The Labute approximate surface area is 62.4 Å². The van der Waals surface area contributed by atoms with Gasteiger partial charge >= 0.3 is 0 Å². The number of aliphatic imine (C=N–C) groups is 1. The number of nitrogens with zero attached hydrogens (tertiary/aromatic N) is 1. The first-order valence-electron chi connectivity index (χ1n) is 2.75. The third-order valence-corrected chi connectivity index (χ3v) is 1.44. The molecule has 1 rings (SSSR count). The van der Waals surface area contributed by atoms with Crippen LogP contribution in [0, 0.1) is 5.92 Å². The zero-order valence-electron chi connectivity index (χ0n) is 5.00. The van der Waals surface area contributed by atoms with Crippen LogP contribution in [0.5, 0.6) is 0 Å². The summed E-state index contributed by atoms with van der Waals surface area (Å²) in [5.41, 5.74) is 0. The van der Waals surface area contributed by atoms with E-state index < -0.39 is 17.5 Å². The molecule has 54 valence electrons. The summed E-state index contributed by atoms with van der Waals surface area (Å²) in [5.74, 6) is -0.897. The monoisotopic (exact) mass is 161 g/mol. The van der Waals surface area contributed by atoms with Gasteiger partial charge in [-0.15, -0.1) is 0 Å². The molecule has 0 amide bonds. The highest BCUT2D eigenvalue weighted by Gasteiger charge is 2.24. The topological polar surface area (TPSA) is 29.4 Å². The zero-order chi connectivity index (χ0) is 7.56. The van der Waals surface area contributed by atoms with E-state index in [-0.39, 0.29) is 0 Å². The summed E-state index contributed by atoms with van der Waals surface area (Å²) < 4.78 is 12.5. The maximum atomic E-state index is 12.5. The Bertz CT molecular complexity index is 202. The first-order valence-corrected chi connectivity index (χ1v) is 3.13. The van der Waals surface area contributed by atoms with Crippen LogP contribution < -0.4 is 0 Å². The maximum Gasteiger partial charge on any atom is 0.233 e. The second-order valence-corrected chi connectivity index (χ2v) is 2.26. The molecule has 1 aliphatic heterocycles. The summed E-state index contributed by atoms with van der Waals surface area (Å²) in [6.45, 7) is 0. The van der Waals surface area contributed by atoms with Gasteiger partial charge in [0.25, 0.3) is 0 Å². The van der Waals surface area contributed by atoms with Crippen LogP contribution in [-0.4, -0.2) is 17.8 Å². The molecule has 10 heavy (non-hydrogen) atoms. The van der Waals surface area contributed by atoms with Gasteiger partial charge in [0.2, 0.25) is 11.5 Å². The molecule has 2 nitrogen and oxygen atoms in total. The summed E-state index contributed by atoms with van der Waals surface area (Å²) in [6.07, 6.45) is 2.70. The molecular formula is C6H5ClFNO. The fraction of sp³-hybridized carbons (Fsp3) is 0.333. The van der Waals surface area contributed by atoms with Crippen LogP contribution in [0.4, 0.5) is 4.39 Å². The van der Waals surface area contributed by atoms with Crippen molar-refractivity contribution in [1.29, 1.82) is 0 Å². The average molecular weight is 162 g/mol. The molecule has 0 aromatic rings. The molecule has 0 aromatic heterocycles.